The third kappa shape index (κ3) is 1.84. The van der Waals surface area contributed by atoms with Crippen LogP contribution in [0.15, 0.2) is 35.3 Å². The summed E-state index contributed by atoms with van der Waals surface area (Å²) >= 11 is 0. The second kappa shape index (κ2) is 4.62. The SMILES string of the molecule is Cc1cn(C)c(=O)n1-c1ccccc1C1(C(=O)O)CCC1. The van der Waals surface area contributed by atoms with E-state index in [0.29, 0.717) is 18.5 Å². The number of benzene rings is 1. The van der Waals surface area contributed by atoms with Gasteiger partial charge in [-0.15, -0.1) is 0 Å². The van der Waals surface area contributed by atoms with Crippen LogP contribution in [0.3, 0.4) is 0 Å². The summed E-state index contributed by atoms with van der Waals surface area (Å²) in [5.74, 6) is -0.803. The van der Waals surface area contributed by atoms with E-state index in [1.165, 1.54) is 4.57 Å². The fourth-order valence-corrected chi connectivity index (χ4v) is 3.20. The summed E-state index contributed by atoms with van der Waals surface area (Å²) in [6.45, 7) is 1.85. The summed E-state index contributed by atoms with van der Waals surface area (Å²) in [7, 11) is 1.70. The van der Waals surface area contributed by atoms with Crippen LogP contribution in [0.25, 0.3) is 5.69 Å². The number of aliphatic carboxylic acids is 1. The summed E-state index contributed by atoms with van der Waals surface area (Å²) in [5.41, 5.74) is 1.22. The van der Waals surface area contributed by atoms with Crippen LogP contribution in [-0.4, -0.2) is 20.2 Å². The van der Waals surface area contributed by atoms with Gasteiger partial charge in [-0.2, -0.15) is 0 Å². The van der Waals surface area contributed by atoms with E-state index in [1.54, 1.807) is 17.8 Å². The first-order valence-electron chi connectivity index (χ1n) is 7.05. The van der Waals surface area contributed by atoms with Crippen LogP contribution in [0, 0.1) is 6.92 Å². The lowest BCUT2D eigenvalue weighted by molar-refractivity contribution is -0.147. The minimum absolute atomic E-state index is 0.153. The molecule has 1 N–H and O–H groups in total. The van der Waals surface area contributed by atoms with Crippen molar-refractivity contribution in [3.8, 4) is 5.69 Å². The molecule has 0 unspecified atom stereocenters. The van der Waals surface area contributed by atoms with E-state index >= 15 is 0 Å². The van der Waals surface area contributed by atoms with Crippen LogP contribution in [0.4, 0.5) is 0 Å². The van der Waals surface area contributed by atoms with Crippen molar-refractivity contribution in [1.29, 1.82) is 0 Å². The van der Waals surface area contributed by atoms with E-state index in [0.717, 1.165) is 17.7 Å². The molecule has 1 aliphatic carbocycles. The molecular formula is C16H18N2O3. The molecule has 1 saturated carbocycles. The second-order valence-electron chi connectivity index (χ2n) is 5.76. The van der Waals surface area contributed by atoms with Gasteiger partial charge in [-0.25, -0.2) is 4.79 Å². The maximum absolute atomic E-state index is 12.3. The Morgan fingerprint density at radius 2 is 1.95 bits per heavy atom. The summed E-state index contributed by atoms with van der Waals surface area (Å²) in [6, 6.07) is 7.34. The molecule has 0 atom stereocenters. The van der Waals surface area contributed by atoms with E-state index in [1.807, 2.05) is 31.2 Å². The van der Waals surface area contributed by atoms with Gasteiger partial charge in [-0.3, -0.25) is 9.36 Å². The van der Waals surface area contributed by atoms with E-state index < -0.39 is 11.4 Å². The highest BCUT2D eigenvalue weighted by atomic mass is 16.4. The second-order valence-corrected chi connectivity index (χ2v) is 5.76. The number of rotatable bonds is 3. The predicted molar refractivity (Wildman–Crippen MR) is 78.9 cm³/mol. The van der Waals surface area contributed by atoms with Crippen molar-refractivity contribution >= 4 is 5.97 Å². The van der Waals surface area contributed by atoms with Crippen molar-refractivity contribution in [3.63, 3.8) is 0 Å². The van der Waals surface area contributed by atoms with Gasteiger partial charge in [0.25, 0.3) is 0 Å². The first-order valence-corrected chi connectivity index (χ1v) is 7.05. The molecule has 0 radical (unpaired) electrons. The van der Waals surface area contributed by atoms with Gasteiger partial charge in [0.05, 0.1) is 11.1 Å². The predicted octanol–water partition coefficient (Wildman–Crippen LogP) is 1.99. The van der Waals surface area contributed by atoms with Gasteiger partial charge in [0.1, 0.15) is 0 Å². The number of carboxylic acids is 1. The van der Waals surface area contributed by atoms with Gasteiger partial charge in [0.15, 0.2) is 0 Å². The lowest BCUT2D eigenvalue weighted by Gasteiger charge is -2.39. The van der Waals surface area contributed by atoms with E-state index in [2.05, 4.69) is 0 Å². The molecule has 5 nitrogen and oxygen atoms in total. The van der Waals surface area contributed by atoms with Crippen LogP contribution in [0.5, 0.6) is 0 Å². The average molecular weight is 286 g/mol. The number of aryl methyl sites for hydroxylation is 2. The Labute approximate surface area is 122 Å². The fourth-order valence-electron chi connectivity index (χ4n) is 3.20. The van der Waals surface area contributed by atoms with E-state index in [4.69, 9.17) is 0 Å². The van der Waals surface area contributed by atoms with Crippen molar-refractivity contribution in [2.75, 3.05) is 0 Å². The molecule has 0 bridgehead atoms. The van der Waals surface area contributed by atoms with Gasteiger partial charge >= 0.3 is 11.7 Å². The molecule has 1 aromatic heterocycles. The number of carboxylic acid groups (broad SMARTS) is 1. The minimum atomic E-state index is -0.849. The lowest BCUT2D eigenvalue weighted by Crippen LogP contribution is -2.43. The van der Waals surface area contributed by atoms with E-state index in [9.17, 15) is 14.7 Å². The maximum Gasteiger partial charge on any atom is 0.332 e. The van der Waals surface area contributed by atoms with Crippen molar-refractivity contribution in [2.45, 2.75) is 31.6 Å². The molecule has 21 heavy (non-hydrogen) atoms. The number of carbonyl (C=O) groups is 1. The lowest BCUT2D eigenvalue weighted by atomic mass is 9.64. The molecule has 1 fully saturated rings. The molecular weight excluding hydrogens is 268 g/mol. The van der Waals surface area contributed by atoms with Crippen molar-refractivity contribution in [3.05, 3.63) is 52.2 Å². The fraction of sp³-hybridized carbons (Fsp3) is 0.375. The molecule has 1 aliphatic rings. The molecule has 0 amide bonds. The molecule has 110 valence electrons. The smallest absolute Gasteiger partial charge is 0.332 e. The molecule has 0 saturated heterocycles. The molecule has 3 rings (SSSR count). The third-order valence-electron chi connectivity index (χ3n) is 4.50. The van der Waals surface area contributed by atoms with Crippen LogP contribution >= 0.6 is 0 Å². The van der Waals surface area contributed by atoms with Gasteiger partial charge in [0, 0.05) is 18.9 Å². The normalized spacial score (nSPS) is 16.5. The Hall–Kier alpha value is -2.30. The van der Waals surface area contributed by atoms with Crippen molar-refractivity contribution < 1.29 is 9.90 Å². The van der Waals surface area contributed by atoms with Crippen molar-refractivity contribution in [2.24, 2.45) is 7.05 Å². The Bertz CT molecular complexity index is 766. The number of para-hydroxylation sites is 1. The topological polar surface area (TPSA) is 64.2 Å². The highest BCUT2D eigenvalue weighted by Gasteiger charge is 2.47. The van der Waals surface area contributed by atoms with Crippen LogP contribution < -0.4 is 5.69 Å². The standard InChI is InChI=1S/C16H18N2O3/c1-11-10-17(2)15(21)18(11)13-7-4-3-6-12(13)16(14(19)20)8-5-9-16/h3-4,6-7,10H,5,8-9H2,1-2H3,(H,19,20). The van der Waals surface area contributed by atoms with Crippen LogP contribution in [0.2, 0.25) is 0 Å². The van der Waals surface area contributed by atoms with Gasteiger partial charge in [-0.1, -0.05) is 24.6 Å². The Morgan fingerprint density at radius 3 is 2.43 bits per heavy atom. The minimum Gasteiger partial charge on any atom is -0.481 e. The average Bonchev–Trinajstić information content (AvgIpc) is 2.62. The number of aromatic nitrogens is 2. The van der Waals surface area contributed by atoms with Gasteiger partial charge < -0.3 is 9.67 Å². The summed E-state index contributed by atoms with van der Waals surface area (Å²) in [6.07, 6.45) is 3.91. The first-order chi connectivity index (χ1) is 9.97. The quantitative estimate of drug-likeness (QED) is 0.938. The molecule has 0 aliphatic heterocycles. The van der Waals surface area contributed by atoms with Crippen LogP contribution in [0.1, 0.15) is 30.5 Å². The Kier molecular flexibility index (Phi) is 3.01. The monoisotopic (exact) mass is 286 g/mol. The number of hydrogen-bond acceptors (Lipinski definition) is 2. The molecule has 0 spiro atoms. The summed E-state index contributed by atoms with van der Waals surface area (Å²) in [4.78, 5) is 24.1. The molecule has 1 aromatic carbocycles. The van der Waals surface area contributed by atoms with Gasteiger partial charge in [-0.05, 0) is 31.4 Å². The molecule has 2 aromatic rings. The highest BCUT2D eigenvalue weighted by molar-refractivity contribution is 5.84. The zero-order valence-corrected chi connectivity index (χ0v) is 12.2. The maximum atomic E-state index is 12.3. The Balaban J connectivity index is 2.26. The number of hydrogen-bond donors (Lipinski definition) is 1. The first kappa shape index (κ1) is 13.7. The van der Waals surface area contributed by atoms with Crippen LogP contribution in [-0.2, 0) is 17.3 Å². The number of imidazole rings is 1. The summed E-state index contributed by atoms with van der Waals surface area (Å²) < 4.78 is 3.11. The van der Waals surface area contributed by atoms with Gasteiger partial charge in [0.2, 0.25) is 0 Å². The zero-order valence-electron chi connectivity index (χ0n) is 12.2. The molecule has 1 heterocycles. The highest BCUT2D eigenvalue weighted by Crippen LogP contribution is 2.46. The summed E-state index contributed by atoms with van der Waals surface area (Å²) in [5, 5.41) is 9.66. The number of nitrogens with zero attached hydrogens (tertiary/aromatic N) is 2. The Morgan fingerprint density at radius 1 is 1.29 bits per heavy atom. The van der Waals surface area contributed by atoms with E-state index in [-0.39, 0.29) is 5.69 Å². The van der Waals surface area contributed by atoms with Crippen molar-refractivity contribution in [1.82, 2.24) is 9.13 Å². The third-order valence-corrected chi connectivity index (χ3v) is 4.50. The molecule has 5 heteroatoms. The zero-order chi connectivity index (χ0) is 15.2. The largest absolute Gasteiger partial charge is 0.481 e.